The molecule has 2 aromatic carbocycles. The van der Waals surface area contributed by atoms with Crippen LogP contribution in [0.25, 0.3) is 0 Å². The Hall–Kier alpha value is -3.02. The number of carbonyl (C=O) groups excluding carboxylic acids is 1. The first-order valence-corrected chi connectivity index (χ1v) is 7.52. The molecule has 6 heteroatoms. The van der Waals surface area contributed by atoms with Crippen LogP contribution in [0.3, 0.4) is 0 Å². The number of nitrogens with one attached hydrogen (secondary N) is 1. The molecule has 0 heterocycles. The van der Waals surface area contributed by atoms with Crippen LogP contribution in [-0.2, 0) is 16.0 Å². The van der Waals surface area contributed by atoms with Gasteiger partial charge in [0.05, 0.1) is 13.0 Å². The molecule has 0 spiro atoms. The van der Waals surface area contributed by atoms with E-state index >= 15 is 0 Å². The number of hydrogen-bond acceptors (Lipinski definition) is 4. The predicted molar refractivity (Wildman–Crippen MR) is 87.9 cm³/mol. The number of carboxylic acid groups (broad SMARTS) is 1. The van der Waals surface area contributed by atoms with E-state index in [1.165, 1.54) is 12.1 Å². The largest absolute Gasteiger partial charge is 0.508 e. The van der Waals surface area contributed by atoms with Crippen molar-refractivity contribution in [3.05, 3.63) is 60.2 Å². The minimum Gasteiger partial charge on any atom is -0.508 e. The van der Waals surface area contributed by atoms with E-state index in [-0.39, 0.29) is 25.2 Å². The van der Waals surface area contributed by atoms with Crippen LogP contribution in [0.1, 0.15) is 12.0 Å². The Labute approximate surface area is 139 Å². The molecular formula is C18H19NO5. The number of benzene rings is 2. The van der Waals surface area contributed by atoms with E-state index in [1.54, 1.807) is 24.3 Å². The molecule has 1 amide bonds. The molecule has 0 saturated carbocycles. The Morgan fingerprint density at radius 3 is 2.33 bits per heavy atom. The van der Waals surface area contributed by atoms with Crippen molar-refractivity contribution >= 4 is 11.9 Å². The lowest BCUT2D eigenvalue weighted by atomic mass is 10.1. The van der Waals surface area contributed by atoms with Gasteiger partial charge in [-0.2, -0.15) is 0 Å². The summed E-state index contributed by atoms with van der Waals surface area (Å²) in [5, 5.41) is 21.0. The maximum absolute atomic E-state index is 11.9. The second-order valence-corrected chi connectivity index (χ2v) is 5.24. The number of rotatable bonds is 8. The fourth-order valence-corrected chi connectivity index (χ4v) is 2.11. The molecule has 6 nitrogen and oxygen atoms in total. The van der Waals surface area contributed by atoms with Gasteiger partial charge in [-0.05, 0) is 29.8 Å². The van der Waals surface area contributed by atoms with E-state index in [0.717, 1.165) is 0 Å². The summed E-state index contributed by atoms with van der Waals surface area (Å²) in [5.74, 6) is -0.741. The normalized spacial score (nSPS) is 11.5. The monoisotopic (exact) mass is 329 g/mol. The van der Waals surface area contributed by atoms with E-state index in [1.807, 2.05) is 18.2 Å². The van der Waals surface area contributed by atoms with Crippen LogP contribution in [0.15, 0.2) is 54.6 Å². The van der Waals surface area contributed by atoms with Crippen molar-refractivity contribution in [3.63, 3.8) is 0 Å². The van der Waals surface area contributed by atoms with Crippen molar-refractivity contribution in [1.29, 1.82) is 0 Å². The third kappa shape index (κ3) is 5.64. The fourth-order valence-electron chi connectivity index (χ4n) is 2.11. The van der Waals surface area contributed by atoms with Crippen LogP contribution in [0.5, 0.6) is 11.5 Å². The molecule has 0 aliphatic rings. The number of aliphatic carboxylic acids is 1. The minimum absolute atomic E-state index is 0.0637. The number of phenols is 1. The third-order valence-corrected chi connectivity index (χ3v) is 3.35. The van der Waals surface area contributed by atoms with Gasteiger partial charge in [-0.25, -0.2) is 4.79 Å². The molecule has 0 aliphatic heterocycles. The lowest BCUT2D eigenvalue weighted by molar-refractivity contribution is -0.141. The highest BCUT2D eigenvalue weighted by molar-refractivity contribution is 5.83. The highest BCUT2D eigenvalue weighted by atomic mass is 16.5. The van der Waals surface area contributed by atoms with Crippen molar-refractivity contribution in [2.75, 3.05) is 6.61 Å². The third-order valence-electron chi connectivity index (χ3n) is 3.35. The van der Waals surface area contributed by atoms with Gasteiger partial charge in [-0.1, -0.05) is 30.3 Å². The van der Waals surface area contributed by atoms with Gasteiger partial charge in [0.2, 0.25) is 5.91 Å². The number of carbonyl (C=O) groups is 2. The Morgan fingerprint density at radius 1 is 1.04 bits per heavy atom. The highest BCUT2D eigenvalue weighted by Gasteiger charge is 2.20. The topological polar surface area (TPSA) is 95.9 Å². The zero-order chi connectivity index (χ0) is 17.4. The fraction of sp³-hybridized carbons (Fsp3) is 0.222. The zero-order valence-electron chi connectivity index (χ0n) is 13.0. The van der Waals surface area contributed by atoms with Gasteiger partial charge >= 0.3 is 5.97 Å². The van der Waals surface area contributed by atoms with Crippen LogP contribution in [0.4, 0.5) is 0 Å². The standard InChI is InChI=1S/C18H19NO5/c20-14-8-6-13(7-9-14)12-16(18(22)23)19-17(21)10-11-24-15-4-2-1-3-5-15/h1-9,16,20H,10-12H2,(H,19,21)(H,22,23). The highest BCUT2D eigenvalue weighted by Crippen LogP contribution is 2.12. The molecule has 0 bridgehead atoms. The van der Waals surface area contributed by atoms with Gasteiger partial charge in [0.25, 0.3) is 0 Å². The first-order valence-electron chi connectivity index (χ1n) is 7.52. The summed E-state index contributed by atoms with van der Waals surface area (Å²) in [6.07, 6.45) is 0.204. The van der Waals surface area contributed by atoms with E-state index in [2.05, 4.69) is 5.32 Å². The smallest absolute Gasteiger partial charge is 0.326 e. The van der Waals surface area contributed by atoms with E-state index in [0.29, 0.717) is 11.3 Å². The summed E-state index contributed by atoms with van der Waals surface area (Å²) >= 11 is 0. The first-order chi connectivity index (χ1) is 11.5. The molecule has 0 saturated heterocycles. The Balaban J connectivity index is 1.82. The maximum atomic E-state index is 11.9. The number of amides is 1. The molecule has 2 aromatic rings. The SMILES string of the molecule is O=C(CCOc1ccccc1)NC(Cc1ccc(O)cc1)C(=O)O. The van der Waals surface area contributed by atoms with Crippen LogP contribution in [-0.4, -0.2) is 34.7 Å². The maximum Gasteiger partial charge on any atom is 0.326 e. The summed E-state index contributed by atoms with van der Waals surface area (Å²) in [6, 6.07) is 14.2. The van der Waals surface area contributed by atoms with Crippen LogP contribution in [0, 0.1) is 0 Å². The average molecular weight is 329 g/mol. The summed E-state index contributed by atoms with van der Waals surface area (Å²) in [6.45, 7) is 0.168. The lowest BCUT2D eigenvalue weighted by Gasteiger charge is -2.15. The molecule has 1 atom stereocenters. The quantitative estimate of drug-likeness (QED) is 0.688. The van der Waals surface area contributed by atoms with Gasteiger partial charge in [-0.15, -0.1) is 0 Å². The molecule has 0 aromatic heterocycles. The number of ether oxygens (including phenoxy) is 1. The lowest BCUT2D eigenvalue weighted by Crippen LogP contribution is -2.42. The number of phenolic OH excluding ortho intramolecular Hbond substituents is 1. The van der Waals surface area contributed by atoms with Crippen molar-refractivity contribution in [1.82, 2.24) is 5.32 Å². The summed E-state index contributed by atoms with van der Waals surface area (Å²) in [4.78, 5) is 23.2. The molecule has 1 unspecified atom stereocenters. The van der Waals surface area contributed by atoms with Crippen LogP contribution < -0.4 is 10.1 Å². The van der Waals surface area contributed by atoms with E-state index < -0.39 is 17.9 Å². The summed E-state index contributed by atoms with van der Waals surface area (Å²) < 4.78 is 5.41. The van der Waals surface area contributed by atoms with Crippen molar-refractivity contribution in [2.45, 2.75) is 18.9 Å². The molecule has 0 aliphatic carbocycles. The predicted octanol–water partition coefficient (Wildman–Crippen LogP) is 1.97. The second-order valence-electron chi connectivity index (χ2n) is 5.24. The van der Waals surface area contributed by atoms with Crippen LogP contribution >= 0.6 is 0 Å². The zero-order valence-corrected chi connectivity index (χ0v) is 13.0. The van der Waals surface area contributed by atoms with E-state index in [9.17, 15) is 19.8 Å². The number of aromatic hydroxyl groups is 1. The van der Waals surface area contributed by atoms with Gasteiger partial charge in [-0.3, -0.25) is 4.79 Å². The van der Waals surface area contributed by atoms with Crippen LogP contribution in [0.2, 0.25) is 0 Å². The average Bonchev–Trinajstić information content (AvgIpc) is 2.57. The Bertz CT molecular complexity index is 670. The molecule has 126 valence electrons. The molecule has 0 fully saturated rings. The number of carboxylic acids is 1. The van der Waals surface area contributed by atoms with Gasteiger partial charge in [0, 0.05) is 6.42 Å². The van der Waals surface area contributed by atoms with Crippen molar-refractivity contribution in [2.24, 2.45) is 0 Å². The van der Waals surface area contributed by atoms with Crippen molar-refractivity contribution in [3.8, 4) is 11.5 Å². The van der Waals surface area contributed by atoms with Gasteiger partial charge < -0.3 is 20.3 Å². The molecule has 0 radical (unpaired) electrons. The molecule has 3 N–H and O–H groups in total. The number of hydrogen-bond donors (Lipinski definition) is 3. The van der Waals surface area contributed by atoms with Gasteiger partial charge in [0.15, 0.2) is 0 Å². The minimum atomic E-state index is -1.11. The second kappa shape index (κ2) is 8.57. The first kappa shape index (κ1) is 17.3. The van der Waals surface area contributed by atoms with E-state index in [4.69, 9.17) is 4.74 Å². The molecular weight excluding hydrogens is 310 g/mol. The summed E-state index contributed by atoms with van der Waals surface area (Å²) in [5.41, 5.74) is 0.709. The Kier molecular flexibility index (Phi) is 6.19. The summed E-state index contributed by atoms with van der Waals surface area (Å²) in [7, 11) is 0. The number of para-hydroxylation sites is 1. The molecule has 2 rings (SSSR count). The Morgan fingerprint density at radius 2 is 1.71 bits per heavy atom. The van der Waals surface area contributed by atoms with Crippen molar-refractivity contribution < 1.29 is 24.5 Å². The molecule has 24 heavy (non-hydrogen) atoms. The van der Waals surface area contributed by atoms with Gasteiger partial charge in [0.1, 0.15) is 17.5 Å².